The zero-order valence-corrected chi connectivity index (χ0v) is 18.0. The number of nitrogens with zero attached hydrogens (tertiary/aromatic N) is 2. The molecule has 2 heterocycles. The molecule has 0 radical (unpaired) electrons. The van der Waals surface area contributed by atoms with Crippen LogP contribution in [-0.4, -0.2) is 75.1 Å². The predicted octanol–water partition coefficient (Wildman–Crippen LogP) is 0.788. The Morgan fingerprint density at radius 1 is 1.21 bits per heavy atom. The lowest BCUT2D eigenvalue weighted by Crippen LogP contribution is -2.48. The highest BCUT2D eigenvalue weighted by Gasteiger charge is 2.28. The van der Waals surface area contributed by atoms with Crippen LogP contribution < -0.4 is 10.6 Å². The summed E-state index contributed by atoms with van der Waals surface area (Å²) in [5.41, 5.74) is 1.67. The average Bonchev–Trinajstić information content (AvgIpc) is 3.02. The molecule has 2 N–H and O–H groups in total. The van der Waals surface area contributed by atoms with Crippen LogP contribution >= 0.6 is 0 Å². The van der Waals surface area contributed by atoms with Gasteiger partial charge in [-0.15, -0.1) is 0 Å². The molecule has 29 heavy (non-hydrogen) atoms. The van der Waals surface area contributed by atoms with Crippen LogP contribution in [0.2, 0.25) is 0 Å². The quantitative estimate of drug-likeness (QED) is 0.550. The van der Waals surface area contributed by atoms with E-state index in [0.29, 0.717) is 37.6 Å². The molecule has 1 aromatic carbocycles. The Labute approximate surface area is 172 Å². The maximum absolute atomic E-state index is 12.7. The molecule has 160 valence electrons. The van der Waals surface area contributed by atoms with Gasteiger partial charge in [-0.3, -0.25) is 9.79 Å². The molecule has 1 aromatic rings. The summed E-state index contributed by atoms with van der Waals surface area (Å²) in [6.07, 6.45) is 0.680. The second-order valence-electron chi connectivity index (χ2n) is 7.83. The fourth-order valence-electron chi connectivity index (χ4n) is 3.77. The SMILES string of the molecule is CN=C(NCc1ccc(C(=O)N2CC(C)OC(C)C2)cc1)NC1CCS(=O)(=O)C1. The number of guanidine groups is 1. The lowest BCUT2D eigenvalue weighted by molar-refractivity contribution is -0.0586. The lowest BCUT2D eigenvalue weighted by atomic mass is 10.1. The number of hydrogen-bond acceptors (Lipinski definition) is 5. The highest BCUT2D eigenvalue weighted by Crippen LogP contribution is 2.15. The molecule has 0 bridgehead atoms. The van der Waals surface area contributed by atoms with Crippen molar-refractivity contribution in [2.45, 2.75) is 45.1 Å². The number of hydrogen-bond donors (Lipinski definition) is 2. The Bertz CT molecular complexity index is 844. The molecule has 2 fully saturated rings. The average molecular weight is 423 g/mol. The van der Waals surface area contributed by atoms with Gasteiger partial charge in [0.05, 0.1) is 23.7 Å². The summed E-state index contributed by atoms with van der Waals surface area (Å²) in [4.78, 5) is 18.7. The van der Waals surface area contributed by atoms with Crippen molar-refractivity contribution in [2.24, 2.45) is 4.99 Å². The van der Waals surface area contributed by atoms with Crippen LogP contribution in [0.5, 0.6) is 0 Å². The second-order valence-corrected chi connectivity index (χ2v) is 10.1. The first kappa shape index (κ1) is 21.6. The fraction of sp³-hybridized carbons (Fsp3) is 0.600. The molecule has 2 aliphatic rings. The van der Waals surface area contributed by atoms with E-state index in [1.807, 2.05) is 43.0 Å². The van der Waals surface area contributed by atoms with Gasteiger partial charge in [0.1, 0.15) is 0 Å². The van der Waals surface area contributed by atoms with E-state index in [1.54, 1.807) is 7.05 Å². The van der Waals surface area contributed by atoms with Crippen molar-refractivity contribution >= 4 is 21.7 Å². The van der Waals surface area contributed by atoms with Gasteiger partial charge in [0, 0.05) is 38.3 Å². The zero-order chi connectivity index (χ0) is 21.0. The minimum absolute atomic E-state index is 0.0198. The molecule has 1 amide bonds. The Morgan fingerprint density at radius 2 is 1.86 bits per heavy atom. The van der Waals surface area contributed by atoms with E-state index in [0.717, 1.165) is 5.56 Å². The zero-order valence-electron chi connectivity index (χ0n) is 17.2. The number of ether oxygens (including phenoxy) is 1. The third-order valence-corrected chi connectivity index (χ3v) is 6.93. The summed E-state index contributed by atoms with van der Waals surface area (Å²) in [6, 6.07) is 7.40. The Hall–Kier alpha value is -2.13. The molecular formula is C20H30N4O4S. The van der Waals surface area contributed by atoms with Crippen LogP contribution in [0, 0.1) is 0 Å². The number of morpholine rings is 1. The Kier molecular flexibility index (Phi) is 6.79. The number of carbonyl (C=O) groups excluding carboxylic acids is 1. The van der Waals surface area contributed by atoms with Crippen LogP contribution in [0.1, 0.15) is 36.2 Å². The number of carbonyl (C=O) groups is 1. The minimum atomic E-state index is -2.93. The third-order valence-electron chi connectivity index (χ3n) is 5.16. The molecule has 0 saturated carbocycles. The monoisotopic (exact) mass is 422 g/mol. The standard InChI is InChI=1S/C20H30N4O4S/c1-14-11-24(12-15(2)28-14)19(25)17-6-4-16(5-7-17)10-22-20(21-3)23-18-8-9-29(26,27)13-18/h4-7,14-15,18H,8-13H2,1-3H3,(H2,21,22,23). The van der Waals surface area contributed by atoms with Crippen LogP contribution in [0.3, 0.4) is 0 Å². The summed E-state index contributed by atoms with van der Waals surface area (Å²) in [6.45, 7) is 5.69. The molecule has 3 unspecified atom stereocenters. The molecule has 0 aromatic heterocycles. The Morgan fingerprint density at radius 3 is 2.41 bits per heavy atom. The van der Waals surface area contributed by atoms with Crippen LogP contribution in [0.4, 0.5) is 0 Å². The molecule has 2 saturated heterocycles. The van der Waals surface area contributed by atoms with E-state index in [9.17, 15) is 13.2 Å². The summed E-state index contributed by atoms with van der Waals surface area (Å²) in [5.74, 6) is 0.955. The molecule has 3 rings (SSSR count). The predicted molar refractivity (Wildman–Crippen MR) is 113 cm³/mol. The maximum Gasteiger partial charge on any atom is 0.254 e. The van der Waals surface area contributed by atoms with E-state index in [2.05, 4.69) is 15.6 Å². The highest BCUT2D eigenvalue weighted by atomic mass is 32.2. The first-order valence-corrected chi connectivity index (χ1v) is 11.8. The number of benzene rings is 1. The molecule has 0 spiro atoms. The first-order chi connectivity index (χ1) is 13.8. The number of amides is 1. The normalized spacial score (nSPS) is 26.9. The van der Waals surface area contributed by atoms with Crippen LogP contribution in [-0.2, 0) is 21.1 Å². The van der Waals surface area contributed by atoms with Gasteiger partial charge in [-0.25, -0.2) is 8.42 Å². The van der Waals surface area contributed by atoms with E-state index in [-0.39, 0.29) is 35.7 Å². The topological polar surface area (TPSA) is 100 Å². The van der Waals surface area contributed by atoms with Gasteiger partial charge in [0.15, 0.2) is 15.8 Å². The minimum Gasteiger partial charge on any atom is -0.372 e. The largest absolute Gasteiger partial charge is 0.372 e. The molecule has 2 aliphatic heterocycles. The van der Waals surface area contributed by atoms with Crippen molar-refractivity contribution < 1.29 is 17.9 Å². The van der Waals surface area contributed by atoms with Gasteiger partial charge in [-0.2, -0.15) is 0 Å². The highest BCUT2D eigenvalue weighted by molar-refractivity contribution is 7.91. The van der Waals surface area contributed by atoms with Crippen LogP contribution in [0.25, 0.3) is 0 Å². The van der Waals surface area contributed by atoms with E-state index >= 15 is 0 Å². The summed E-state index contributed by atoms with van der Waals surface area (Å²) >= 11 is 0. The number of rotatable bonds is 4. The first-order valence-electron chi connectivity index (χ1n) is 9.97. The number of sulfone groups is 1. The van der Waals surface area contributed by atoms with Gasteiger partial charge >= 0.3 is 0 Å². The third kappa shape index (κ3) is 5.93. The van der Waals surface area contributed by atoms with E-state index < -0.39 is 9.84 Å². The maximum atomic E-state index is 12.7. The van der Waals surface area contributed by atoms with Gasteiger partial charge in [-0.05, 0) is 38.0 Å². The van der Waals surface area contributed by atoms with Crippen molar-refractivity contribution in [2.75, 3.05) is 31.6 Å². The van der Waals surface area contributed by atoms with Gasteiger partial charge in [0.2, 0.25) is 0 Å². The summed E-state index contributed by atoms with van der Waals surface area (Å²) < 4.78 is 28.9. The molecular weight excluding hydrogens is 392 g/mol. The van der Waals surface area contributed by atoms with Gasteiger partial charge < -0.3 is 20.3 Å². The fourth-order valence-corrected chi connectivity index (χ4v) is 5.45. The van der Waals surface area contributed by atoms with Crippen LogP contribution in [0.15, 0.2) is 29.3 Å². The molecule has 0 aliphatic carbocycles. The van der Waals surface area contributed by atoms with Crippen molar-refractivity contribution in [1.29, 1.82) is 0 Å². The van der Waals surface area contributed by atoms with E-state index in [1.165, 1.54) is 0 Å². The van der Waals surface area contributed by atoms with E-state index in [4.69, 9.17) is 4.74 Å². The lowest BCUT2D eigenvalue weighted by Gasteiger charge is -2.35. The molecule has 8 nitrogen and oxygen atoms in total. The van der Waals surface area contributed by atoms with Crippen molar-refractivity contribution in [3.63, 3.8) is 0 Å². The Balaban J connectivity index is 1.53. The second kappa shape index (κ2) is 9.13. The molecule has 3 atom stereocenters. The van der Waals surface area contributed by atoms with Crippen molar-refractivity contribution in [3.05, 3.63) is 35.4 Å². The summed E-state index contributed by atoms with van der Waals surface area (Å²) in [7, 11) is -1.28. The smallest absolute Gasteiger partial charge is 0.254 e. The van der Waals surface area contributed by atoms with Crippen molar-refractivity contribution in [3.8, 4) is 0 Å². The molecule has 9 heteroatoms. The number of aliphatic imine (C=N–C) groups is 1. The van der Waals surface area contributed by atoms with Gasteiger partial charge in [0.25, 0.3) is 5.91 Å². The van der Waals surface area contributed by atoms with Gasteiger partial charge in [-0.1, -0.05) is 12.1 Å². The van der Waals surface area contributed by atoms with Crippen molar-refractivity contribution in [1.82, 2.24) is 15.5 Å². The summed E-state index contributed by atoms with van der Waals surface area (Å²) in [5, 5.41) is 6.36. The number of nitrogens with one attached hydrogen (secondary N) is 2.